The molecule has 0 bridgehead atoms. The lowest BCUT2D eigenvalue weighted by Crippen LogP contribution is -2.15. The number of methoxy groups -OCH3 is 2. The van der Waals surface area contributed by atoms with E-state index in [1.807, 2.05) is 19.1 Å². The van der Waals surface area contributed by atoms with E-state index in [-0.39, 0.29) is 28.2 Å². The number of benzene rings is 2. The van der Waals surface area contributed by atoms with Gasteiger partial charge in [0, 0.05) is 17.7 Å². The SMILES string of the molecule is COC(=O)c1c(-c2cccc([N+](=O)[O-])c2)nn(-c2ccc(C)cc2)c1C(=O)OC. The van der Waals surface area contributed by atoms with Crippen molar-refractivity contribution in [3.8, 4) is 16.9 Å². The van der Waals surface area contributed by atoms with E-state index in [0.717, 1.165) is 5.56 Å². The normalized spacial score (nSPS) is 10.4. The Balaban J connectivity index is 2.35. The molecule has 0 aliphatic carbocycles. The molecular formula is C20H17N3O6. The highest BCUT2D eigenvalue weighted by Crippen LogP contribution is 2.31. The third-order valence-corrected chi connectivity index (χ3v) is 4.26. The number of aryl methyl sites for hydroxylation is 1. The summed E-state index contributed by atoms with van der Waals surface area (Å²) in [6.45, 7) is 1.91. The first-order valence-corrected chi connectivity index (χ1v) is 8.49. The highest BCUT2D eigenvalue weighted by Gasteiger charge is 2.31. The van der Waals surface area contributed by atoms with E-state index in [0.29, 0.717) is 5.69 Å². The number of nitro groups is 1. The lowest BCUT2D eigenvalue weighted by molar-refractivity contribution is -0.384. The number of hydrogen-bond acceptors (Lipinski definition) is 7. The van der Waals surface area contributed by atoms with Crippen molar-refractivity contribution in [1.29, 1.82) is 0 Å². The van der Waals surface area contributed by atoms with Crippen molar-refractivity contribution in [2.45, 2.75) is 6.92 Å². The van der Waals surface area contributed by atoms with Crippen LogP contribution in [0.1, 0.15) is 26.4 Å². The summed E-state index contributed by atoms with van der Waals surface area (Å²) in [5.41, 5.74) is 1.41. The van der Waals surface area contributed by atoms with Crippen LogP contribution in [0.2, 0.25) is 0 Å². The van der Waals surface area contributed by atoms with Gasteiger partial charge in [-0.05, 0) is 19.1 Å². The Hall–Kier alpha value is -4.01. The Morgan fingerprint density at radius 2 is 1.69 bits per heavy atom. The van der Waals surface area contributed by atoms with E-state index in [9.17, 15) is 19.7 Å². The van der Waals surface area contributed by atoms with Crippen molar-refractivity contribution in [2.24, 2.45) is 0 Å². The van der Waals surface area contributed by atoms with E-state index in [2.05, 4.69) is 5.10 Å². The summed E-state index contributed by atoms with van der Waals surface area (Å²) in [6, 6.07) is 12.7. The molecule has 0 fully saturated rings. The van der Waals surface area contributed by atoms with E-state index in [1.54, 1.807) is 18.2 Å². The number of aromatic nitrogens is 2. The number of hydrogen-bond donors (Lipinski definition) is 0. The average Bonchev–Trinajstić information content (AvgIpc) is 3.13. The van der Waals surface area contributed by atoms with Crippen LogP contribution in [0, 0.1) is 17.0 Å². The number of ether oxygens (including phenoxy) is 2. The molecule has 0 unspecified atom stereocenters. The first-order valence-electron chi connectivity index (χ1n) is 8.49. The van der Waals surface area contributed by atoms with Crippen molar-refractivity contribution >= 4 is 17.6 Å². The molecule has 1 heterocycles. The van der Waals surface area contributed by atoms with Gasteiger partial charge in [0.25, 0.3) is 5.69 Å². The summed E-state index contributed by atoms with van der Waals surface area (Å²) in [5.74, 6) is -1.61. The molecule has 0 aliphatic heterocycles. The fourth-order valence-electron chi connectivity index (χ4n) is 2.84. The largest absolute Gasteiger partial charge is 0.465 e. The minimum absolute atomic E-state index is 0.0709. The predicted octanol–water partition coefficient (Wildman–Crippen LogP) is 3.33. The maximum atomic E-state index is 12.5. The second-order valence-corrected chi connectivity index (χ2v) is 6.11. The maximum Gasteiger partial charge on any atom is 0.357 e. The van der Waals surface area contributed by atoms with Crippen LogP contribution in [-0.2, 0) is 9.47 Å². The Kier molecular flexibility index (Phi) is 5.40. The van der Waals surface area contributed by atoms with Crippen molar-refractivity contribution in [3.63, 3.8) is 0 Å². The van der Waals surface area contributed by atoms with Gasteiger partial charge < -0.3 is 9.47 Å². The third kappa shape index (κ3) is 3.70. The molecule has 2 aromatic carbocycles. The number of nitrogens with zero attached hydrogens (tertiary/aromatic N) is 3. The molecule has 0 saturated heterocycles. The number of non-ortho nitro benzene ring substituents is 1. The van der Waals surface area contributed by atoms with Crippen molar-refractivity contribution in [3.05, 3.63) is 75.5 Å². The predicted molar refractivity (Wildman–Crippen MR) is 103 cm³/mol. The minimum atomic E-state index is -0.815. The van der Waals surface area contributed by atoms with Crippen molar-refractivity contribution in [1.82, 2.24) is 9.78 Å². The zero-order valence-electron chi connectivity index (χ0n) is 15.9. The molecule has 0 atom stereocenters. The van der Waals surface area contributed by atoms with Crippen LogP contribution in [0.25, 0.3) is 16.9 Å². The summed E-state index contributed by atoms with van der Waals surface area (Å²) in [6.07, 6.45) is 0. The zero-order valence-corrected chi connectivity index (χ0v) is 15.9. The second kappa shape index (κ2) is 7.93. The summed E-state index contributed by atoms with van der Waals surface area (Å²) >= 11 is 0. The van der Waals surface area contributed by atoms with Crippen LogP contribution < -0.4 is 0 Å². The fraction of sp³-hybridized carbons (Fsp3) is 0.150. The van der Waals surface area contributed by atoms with Gasteiger partial charge in [-0.25, -0.2) is 14.3 Å². The number of carbonyl (C=O) groups excluding carboxylic acids is 2. The highest BCUT2D eigenvalue weighted by molar-refractivity contribution is 6.06. The zero-order chi connectivity index (χ0) is 21.1. The molecule has 0 aliphatic rings. The van der Waals surface area contributed by atoms with Crippen molar-refractivity contribution in [2.75, 3.05) is 14.2 Å². The van der Waals surface area contributed by atoms with Crippen molar-refractivity contribution < 1.29 is 24.0 Å². The number of carbonyl (C=O) groups is 2. The smallest absolute Gasteiger partial charge is 0.357 e. The van der Waals surface area contributed by atoms with Gasteiger partial charge >= 0.3 is 11.9 Å². The lowest BCUT2D eigenvalue weighted by atomic mass is 10.0. The molecule has 3 aromatic rings. The van der Waals surface area contributed by atoms with Crippen LogP contribution in [0.15, 0.2) is 48.5 Å². The lowest BCUT2D eigenvalue weighted by Gasteiger charge is -2.07. The molecule has 0 saturated carbocycles. The average molecular weight is 395 g/mol. The molecule has 148 valence electrons. The van der Waals surface area contributed by atoms with Crippen LogP contribution >= 0.6 is 0 Å². The van der Waals surface area contributed by atoms with Gasteiger partial charge in [-0.15, -0.1) is 0 Å². The maximum absolute atomic E-state index is 12.5. The van der Waals surface area contributed by atoms with E-state index in [4.69, 9.17) is 9.47 Å². The van der Waals surface area contributed by atoms with Crippen LogP contribution in [0.3, 0.4) is 0 Å². The molecule has 0 spiro atoms. The number of nitro benzene ring substituents is 1. The van der Waals surface area contributed by atoms with Crippen LogP contribution in [0.5, 0.6) is 0 Å². The standard InChI is InChI=1S/C20H17N3O6/c1-12-7-9-14(10-8-12)22-18(20(25)29-3)16(19(24)28-2)17(21-22)13-5-4-6-15(11-13)23(26)27/h4-11H,1-3H3. The Morgan fingerprint density at radius 3 is 2.28 bits per heavy atom. The van der Waals surface area contributed by atoms with Gasteiger partial charge in [0.1, 0.15) is 11.3 Å². The Labute approximate surface area is 165 Å². The first kappa shape index (κ1) is 19.7. The van der Waals surface area contributed by atoms with Crippen LogP contribution in [-0.4, -0.2) is 40.9 Å². The van der Waals surface area contributed by atoms with Gasteiger partial charge in [-0.2, -0.15) is 5.10 Å². The summed E-state index contributed by atoms with van der Waals surface area (Å²) in [7, 11) is 2.35. The first-order chi connectivity index (χ1) is 13.9. The van der Waals surface area contributed by atoms with Gasteiger partial charge in [-0.3, -0.25) is 10.1 Å². The van der Waals surface area contributed by atoms with Gasteiger partial charge in [-0.1, -0.05) is 29.8 Å². The number of rotatable bonds is 5. The summed E-state index contributed by atoms with van der Waals surface area (Å²) < 4.78 is 11.0. The molecule has 0 N–H and O–H groups in total. The Bertz CT molecular complexity index is 1100. The Morgan fingerprint density at radius 1 is 1.03 bits per heavy atom. The fourth-order valence-corrected chi connectivity index (χ4v) is 2.84. The minimum Gasteiger partial charge on any atom is -0.465 e. The number of esters is 2. The molecule has 29 heavy (non-hydrogen) atoms. The molecule has 9 nitrogen and oxygen atoms in total. The second-order valence-electron chi connectivity index (χ2n) is 6.11. The summed E-state index contributed by atoms with van der Waals surface area (Å²) in [4.78, 5) is 35.7. The van der Waals surface area contributed by atoms with E-state index in [1.165, 1.54) is 37.1 Å². The topological polar surface area (TPSA) is 114 Å². The third-order valence-electron chi connectivity index (χ3n) is 4.26. The molecule has 1 aromatic heterocycles. The molecular weight excluding hydrogens is 378 g/mol. The monoisotopic (exact) mass is 395 g/mol. The molecule has 3 rings (SSSR count). The van der Waals surface area contributed by atoms with E-state index < -0.39 is 16.9 Å². The highest BCUT2D eigenvalue weighted by atomic mass is 16.6. The quantitative estimate of drug-likeness (QED) is 0.370. The molecule has 0 amide bonds. The molecule has 9 heteroatoms. The van der Waals surface area contributed by atoms with Gasteiger partial charge in [0.05, 0.1) is 24.8 Å². The van der Waals surface area contributed by atoms with E-state index >= 15 is 0 Å². The van der Waals surface area contributed by atoms with Crippen LogP contribution in [0.4, 0.5) is 5.69 Å². The molecule has 0 radical (unpaired) electrons. The summed E-state index contributed by atoms with van der Waals surface area (Å²) in [5, 5.41) is 15.6. The van der Waals surface area contributed by atoms with Gasteiger partial charge in [0.15, 0.2) is 5.69 Å². The van der Waals surface area contributed by atoms with Gasteiger partial charge in [0.2, 0.25) is 0 Å².